The van der Waals surface area contributed by atoms with Gasteiger partial charge >= 0.3 is 0 Å². The van der Waals surface area contributed by atoms with Gasteiger partial charge in [0.2, 0.25) is 11.8 Å². The molecule has 1 aromatic carbocycles. The standard InChI is InChI=1S/C25H34ClN3O2/c1-24(2,3)16-21(30)29(25(4,5)6)17-22(31)28-15-14-27-13-9-12-20(27)23(28)18-10-7-8-11-19(18)26/h7-13,23H,14-17H2,1-6H3. The molecule has 31 heavy (non-hydrogen) atoms. The maximum absolute atomic E-state index is 13.6. The van der Waals surface area contributed by atoms with Crippen LogP contribution in [0.2, 0.25) is 5.02 Å². The van der Waals surface area contributed by atoms with E-state index >= 15 is 0 Å². The quantitative estimate of drug-likeness (QED) is 0.657. The monoisotopic (exact) mass is 443 g/mol. The summed E-state index contributed by atoms with van der Waals surface area (Å²) in [6.45, 7) is 13.4. The van der Waals surface area contributed by atoms with Crippen molar-refractivity contribution in [3.05, 3.63) is 58.9 Å². The fourth-order valence-corrected chi connectivity index (χ4v) is 4.39. The van der Waals surface area contributed by atoms with Gasteiger partial charge in [0.15, 0.2) is 0 Å². The van der Waals surface area contributed by atoms with Gasteiger partial charge in [0.05, 0.1) is 6.04 Å². The molecule has 0 N–H and O–H groups in total. The third-order valence-electron chi connectivity index (χ3n) is 5.64. The van der Waals surface area contributed by atoms with E-state index in [1.165, 1.54) is 0 Å². The first kappa shape index (κ1) is 23.4. The average molecular weight is 444 g/mol. The number of benzene rings is 1. The van der Waals surface area contributed by atoms with Crippen LogP contribution in [0.3, 0.4) is 0 Å². The third-order valence-corrected chi connectivity index (χ3v) is 5.99. The zero-order valence-corrected chi connectivity index (χ0v) is 20.2. The molecule has 0 radical (unpaired) electrons. The molecule has 0 fully saturated rings. The van der Waals surface area contributed by atoms with Gasteiger partial charge in [0, 0.05) is 42.0 Å². The molecule has 1 aliphatic rings. The molecule has 2 aromatic rings. The van der Waals surface area contributed by atoms with Crippen LogP contribution in [0.15, 0.2) is 42.6 Å². The lowest BCUT2D eigenvalue weighted by Crippen LogP contribution is -2.53. The predicted octanol–water partition coefficient (Wildman–Crippen LogP) is 5.14. The highest BCUT2D eigenvalue weighted by atomic mass is 35.5. The van der Waals surface area contributed by atoms with Crippen LogP contribution in [-0.4, -0.2) is 44.8 Å². The Bertz CT molecular complexity index is 952. The van der Waals surface area contributed by atoms with Crippen LogP contribution in [0.5, 0.6) is 0 Å². The molecule has 0 spiro atoms. The molecule has 2 amide bonds. The fraction of sp³-hybridized carbons (Fsp3) is 0.520. The lowest BCUT2D eigenvalue weighted by molar-refractivity contribution is -0.147. The van der Waals surface area contributed by atoms with Crippen LogP contribution in [0.4, 0.5) is 0 Å². The molecule has 0 saturated carbocycles. The van der Waals surface area contributed by atoms with Gasteiger partial charge in [-0.15, -0.1) is 0 Å². The van der Waals surface area contributed by atoms with E-state index in [1.807, 2.05) is 89.0 Å². The van der Waals surface area contributed by atoms with Gasteiger partial charge in [-0.25, -0.2) is 0 Å². The molecule has 0 saturated heterocycles. The smallest absolute Gasteiger partial charge is 0.243 e. The minimum atomic E-state index is -0.451. The summed E-state index contributed by atoms with van der Waals surface area (Å²) in [5, 5.41) is 0.636. The maximum atomic E-state index is 13.6. The number of carbonyl (C=O) groups excluding carboxylic acids is 2. The van der Waals surface area contributed by atoms with Crippen molar-refractivity contribution in [2.45, 2.75) is 66.1 Å². The number of fused-ring (bicyclic) bond motifs is 1. The Morgan fingerprint density at radius 1 is 1.03 bits per heavy atom. The number of carbonyl (C=O) groups is 2. The Morgan fingerprint density at radius 3 is 2.32 bits per heavy atom. The SMILES string of the molecule is CC(C)(C)CC(=O)N(CC(=O)N1CCn2cccc2C1c1ccccc1Cl)C(C)(C)C. The van der Waals surface area contributed by atoms with E-state index in [-0.39, 0.29) is 29.8 Å². The van der Waals surface area contributed by atoms with Crippen LogP contribution in [0.1, 0.15) is 65.3 Å². The number of hydrogen-bond acceptors (Lipinski definition) is 2. The molecule has 0 aliphatic carbocycles. The van der Waals surface area contributed by atoms with Crippen molar-refractivity contribution in [3.8, 4) is 0 Å². The van der Waals surface area contributed by atoms with Gasteiger partial charge in [0.1, 0.15) is 6.54 Å². The zero-order chi connectivity index (χ0) is 23.0. The summed E-state index contributed by atoms with van der Waals surface area (Å²) in [7, 11) is 0. The molecule has 5 nitrogen and oxygen atoms in total. The second-order valence-corrected chi connectivity index (χ2v) is 10.9. The molecule has 168 valence electrons. The molecule has 1 aromatic heterocycles. The molecular weight excluding hydrogens is 410 g/mol. The summed E-state index contributed by atoms with van der Waals surface area (Å²) in [5.74, 6) is -0.0578. The van der Waals surface area contributed by atoms with Crippen LogP contribution in [0.25, 0.3) is 0 Å². The third kappa shape index (κ3) is 5.32. The summed E-state index contributed by atoms with van der Waals surface area (Å²) in [5.41, 5.74) is 1.35. The Morgan fingerprint density at radius 2 is 1.71 bits per heavy atom. The summed E-state index contributed by atoms with van der Waals surface area (Å²) in [4.78, 5) is 30.3. The Kier molecular flexibility index (Phi) is 6.56. The van der Waals surface area contributed by atoms with Crippen molar-refractivity contribution in [2.24, 2.45) is 5.41 Å². The van der Waals surface area contributed by atoms with E-state index in [1.54, 1.807) is 4.90 Å². The fourth-order valence-electron chi connectivity index (χ4n) is 4.15. The highest BCUT2D eigenvalue weighted by Gasteiger charge is 2.37. The normalized spacial score (nSPS) is 16.7. The van der Waals surface area contributed by atoms with Crippen molar-refractivity contribution < 1.29 is 9.59 Å². The van der Waals surface area contributed by atoms with Crippen molar-refractivity contribution in [1.82, 2.24) is 14.4 Å². The van der Waals surface area contributed by atoms with Gasteiger partial charge in [-0.3, -0.25) is 9.59 Å². The summed E-state index contributed by atoms with van der Waals surface area (Å²) >= 11 is 6.55. The lowest BCUT2D eigenvalue weighted by Gasteiger charge is -2.41. The predicted molar refractivity (Wildman–Crippen MR) is 125 cm³/mol. The highest BCUT2D eigenvalue weighted by molar-refractivity contribution is 6.31. The van der Waals surface area contributed by atoms with E-state index < -0.39 is 5.54 Å². The van der Waals surface area contributed by atoms with Crippen molar-refractivity contribution >= 4 is 23.4 Å². The first-order valence-corrected chi connectivity index (χ1v) is 11.3. The first-order valence-electron chi connectivity index (χ1n) is 10.9. The Hall–Kier alpha value is -2.27. The number of nitrogens with zero attached hydrogens (tertiary/aromatic N) is 3. The number of rotatable bonds is 4. The zero-order valence-electron chi connectivity index (χ0n) is 19.5. The number of amides is 2. The molecule has 6 heteroatoms. The van der Waals surface area contributed by atoms with Gasteiger partial charge in [-0.1, -0.05) is 50.6 Å². The molecule has 1 aliphatic heterocycles. The van der Waals surface area contributed by atoms with Crippen LogP contribution in [-0.2, 0) is 16.1 Å². The van der Waals surface area contributed by atoms with Gasteiger partial charge in [0.25, 0.3) is 0 Å². The van der Waals surface area contributed by atoms with Crippen LogP contribution >= 0.6 is 11.6 Å². The molecule has 3 rings (SSSR count). The minimum Gasteiger partial charge on any atom is -0.348 e. The van der Waals surface area contributed by atoms with Crippen molar-refractivity contribution in [2.75, 3.05) is 13.1 Å². The van der Waals surface area contributed by atoms with Gasteiger partial charge < -0.3 is 14.4 Å². The maximum Gasteiger partial charge on any atom is 0.243 e. The molecule has 2 heterocycles. The lowest BCUT2D eigenvalue weighted by atomic mass is 9.90. The van der Waals surface area contributed by atoms with Gasteiger partial charge in [-0.2, -0.15) is 0 Å². The Balaban J connectivity index is 1.93. The summed E-state index contributed by atoms with van der Waals surface area (Å²) < 4.78 is 2.17. The van der Waals surface area contributed by atoms with E-state index in [9.17, 15) is 9.59 Å². The topological polar surface area (TPSA) is 45.6 Å². The molecule has 0 bridgehead atoms. The summed E-state index contributed by atoms with van der Waals surface area (Å²) in [6, 6.07) is 11.4. The van der Waals surface area contributed by atoms with Crippen LogP contribution in [0, 0.1) is 5.41 Å². The van der Waals surface area contributed by atoms with Gasteiger partial charge in [-0.05, 0) is 49.9 Å². The number of aromatic nitrogens is 1. The van der Waals surface area contributed by atoms with Crippen molar-refractivity contribution in [1.29, 1.82) is 0 Å². The van der Waals surface area contributed by atoms with E-state index in [0.29, 0.717) is 18.0 Å². The minimum absolute atomic E-state index is 0.00280. The van der Waals surface area contributed by atoms with E-state index in [0.717, 1.165) is 17.8 Å². The molecule has 1 atom stereocenters. The average Bonchev–Trinajstić information content (AvgIpc) is 3.12. The first-order chi connectivity index (χ1) is 14.4. The highest BCUT2D eigenvalue weighted by Crippen LogP contribution is 2.36. The van der Waals surface area contributed by atoms with Crippen molar-refractivity contribution in [3.63, 3.8) is 0 Å². The van der Waals surface area contributed by atoms with E-state index in [2.05, 4.69) is 4.57 Å². The summed E-state index contributed by atoms with van der Waals surface area (Å²) in [6.07, 6.45) is 2.43. The number of halogens is 1. The largest absolute Gasteiger partial charge is 0.348 e. The number of hydrogen-bond donors (Lipinski definition) is 0. The molecule has 1 unspecified atom stereocenters. The molecular formula is C25H34ClN3O2. The van der Waals surface area contributed by atoms with Crippen LogP contribution < -0.4 is 0 Å². The second kappa shape index (κ2) is 8.70. The second-order valence-electron chi connectivity index (χ2n) is 10.5. The Labute approximate surface area is 191 Å². The van der Waals surface area contributed by atoms with E-state index in [4.69, 9.17) is 11.6 Å².